The molecule has 0 aliphatic rings. The van der Waals surface area contributed by atoms with Gasteiger partial charge in [0, 0.05) is 19.7 Å². The first-order chi connectivity index (χ1) is 11.0. The molecule has 0 aliphatic heterocycles. The molecule has 0 saturated heterocycles. The standard InChI is InChI=1S/C15H14FN5OS/c1-18-13(22)12-10(17)9-11(7-3-5-8(16)6-4-7)20-15(19-2)21-14(9)23-12/h3-6H,17H2,1-2H3,(H,18,22)(H,19,20,21). The van der Waals surface area contributed by atoms with Crippen molar-refractivity contribution in [1.29, 1.82) is 0 Å². The number of nitrogens with zero attached hydrogens (tertiary/aromatic N) is 2. The SMILES string of the molecule is CNC(=O)c1sc2nc(NC)nc(-c3ccc(F)cc3)c2c1N. The van der Waals surface area contributed by atoms with Gasteiger partial charge < -0.3 is 16.4 Å². The third kappa shape index (κ3) is 2.57. The Bertz CT molecular complexity index is 891. The topological polar surface area (TPSA) is 92.9 Å². The van der Waals surface area contributed by atoms with E-state index in [0.29, 0.717) is 38.0 Å². The molecule has 0 aliphatic carbocycles. The van der Waals surface area contributed by atoms with Crippen LogP contribution in [0, 0.1) is 5.82 Å². The Hall–Kier alpha value is -2.74. The summed E-state index contributed by atoms with van der Waals surface area (Å²) in [7, 11) is 3.24. The van der Waals surface area contributed by atoms with E-state index in [0.717, 1.165) is 0 Å². The lowest BCUT2D eigenvalue weighted by Crippen LogP contribution is -2.17. The highest BCUT2D eigenvalue weighted by atomic mass is 32.1. The van der Waals surface area contributed by atoms with Crippen LogP contribution in [0.25, 0.3) is 21.5 Å². The van der Waals surface area contributed by atoms with Crippen molar-refractivity contribution < 1.29 is 9.18 Å². The van der Waals surface area contributed by atoms with E-state index in [1.165, 1.54) is 30.5 Å². The van der Waals surface area contributed by atoms with Gasteiger partial charge in [-0.2, -0.15) is 0 Å². The number of aromatic nitrogens is 2. The molecule has 3 aromatic rings. The van der Waals surface area contributed by atoms with Crippen LogP contribution in [0.3, 0.4) is 0 Å². The third-order valence-electron chi connectivity index (χ3n) is 3.36. The summed E-state index contributed by atoms with van der Waals surface area (Å²) in [5.74, 6) is -0.208. The minimum Gasteiger partial charge on any atom is -0.397 e. The molecular formula is C15H14FN5OS. The highest BCUT2D eigenvalue weighted by molar-refractivity contribution is 7.21. The van der Waals surface area contributed by atoms with Crippen molar-refractivity contribution in [1.82, 2.24) is 15.3 Å². The van der Waals surface area contributed by atoms with Crippen molar-refractivity contribution in [2.24, 2.45) is 0 Å². The number of fused-ring (bicyclic) bond motifs is 1. The molecule has 0 saturated carbocycles. The van der Waals surface area contributed by atoms with E-state index in [1.54, 1.807) is 19.2 Å². The van der Waals surface area contributed by atoms with Crippen LogP contribution in [0.2, 0.25) is 0 Å². The molecule has 2 heterocycles. The van der Waals surface area contributed by atoms with Gasteiger partial charge in [0.1, 0.15) is 15.5 Å². The van der Waals surface area contributed by atoms with E-state index in [4.69, 9.17) is 5.73 Å². The predicted molar refractivity (Wildman–Crippen MR) is 90.2 cm³/mol. The zero-order chi connectivity index (χ0) is 16.6. The van der Waals surface area contributed by atoms with Gasteiger partial charge >= 0.3 is 0 Å². The second-order valence-electron chi connectivity index (χ2n) is 4.76. The average Bonchev–Trinajstić information content (AvgIpc) is 2.91. The monoisotopic (exact) mass is 331 g/mol. The highest BCUT2D eigenvalue weighted by Crippen LogP contribution is 2.38. The van der Waals surface area contributed by atoms with Crippen LogP contribution in [0.15, 0.2) is 24.3 Å². The summed E-state index contributed by atoms with van der Waals surface area (Å²) < 4.78 is 13.2. The third-order valence-corrected chi connectivity index (χ3v) is 4.46. The smallest absolute Gasteiger partial charge is 0.263 e. The first kappa shape index (κ1) is 15.2. The van der Waals surface area contributed by atoms with Gasteiger partial charge in [0.2, 0.25) is 5.95 Å². The van der Waals surface area contributed by atoms with Crippen molar-refractivity contribution in [3.8, 4) is 11.3 Å². The van der Waals surface area contributed by atoms with Crippen molar-refractivity contribution in [2.45, 2.75) is 0 Å². The average molecular weight is 331 g/mol. The second kappa shape index (κ2) is 5.81. The van der Waals surface area contributed by atoms with E-state index in [1.807, 2.05) is 0 Å². The molecule has 23 heavy (non-hydrogen) atoms. The number of thiophene rings is 1. The number of nitrogens with two attached hydrogens (primary N) is 1. The molecule has 3 rings (SSSR count). The minimum atomic E-state index is -0.336. The number of hydrogen-bond acceptors (Lipinski definition) is 6. The molecule has 0 bridgehead atoms. The lowest BCUT2D eigenvalue weighted by atomic mass is 10.1. The number of nitrogen functional groups attached to an aromatic ring is 1. The molecule has 0 atom stereocenters. The van der Waals surface area contributed by atoms with E-state index >= 15 is 0 Å². The molecule has 2 aromatic heterocycles. The number of rotatable bonds is 3. The van der Waals surface area contributed by atoms with Gasteiger partial charge in [0.05, 0.1) is 16.8 Å². The van der Waals surface area contributed by atoms with E-state index < -0.39 is 0 Å². The van der Waals surface area contributed by atoms with Crippen LogP contribution in [-0.4, -0.2) is 30.0 Å². The van der Waals surface area contributed by atoms with Gasteiger partial charge in [0.15, 0.2) is 0 Å². The Balaban J connectivity index is 2.32. The highest BCUT2D eigenvalue weighted by Gasteiger charge is 2.21. The van der Waals surface area contributed by atoms with Crippen molar-refractivity contribution in [3.63, 3.8) is 0 Å². The normalized spacial score (nSPS) is 10.7. The fourth-order valence-corrected chi connectivity index (χ4v) is 3.27. The molecule has 0 radical (unpaired) electrons. The Morgan fingerprint density at radius 2 is 1.91 bits per heavy atom. The minimum absolute atomic E-state index is 0.276. The fraction of sp³-hybridized carbons (Fsp3) is 0.133. The first-order valence-corrected chi connectivity index (χ1v) is 7.62. The summed E-state index contributed by atoms with van der Waals surface area (Å²) >= 11 is 1.20. The molecule has 6 nitrogen and oxygen atoms in total. The number of benzene rings is 1. The number of halogens is 1. The number of hydrogen-bond donors (Lipinski definition) is 3. The Morgan fingerprint density at radius 3 is 2.52 bits per heavy atom. The van der Waals surface area contributed by atoms with Gasteiger partial charge in [0.25, 0.3) is 5.91 Å². The van der Waals surface area contributed by atoms with Crippen LogP contribution in [0.5, 0.6) is 0 Å². The zero-order valence-corrected chi connectivity index (χ0v) is 13.3. The molecule has 118 valence electrons. The zero-order valence-electron chi connectivity index (χ0n) is 12.5. The Kier molecular flexibility index (Phi) is 3.83. The second-order valence-corrected chi connectivity index (χ2v) is 5.76. The molecule has 0 fully saturated rings. The summed E-state index contributed by atoms with van der Waals surface area (Å²) in [6.07, 6.45) is 0. The summed E-state index contributed by atoms with van der Waals surface area (Å²) in [6.45, 7) is 0. The Labute approximate surface area is 135 Å². The van der Waals surface area contributed by atoms with Crippen LogP contribution in [-0.2, 0) is 0 Å². The van der Waals surface area contributed by atoms with E-state index in [-0.39, 0.29) is 11.7 Å². The predicted octanol–water partition coefficient (Wildman–Crippen LogP) is 2.48. The molecular weight excluding hydrogens is 317 g/mol. The maximum absolute atomic E-state index is 13.2. The van der Waals surface area contributed by atoms with E-state index in [2.05, 4.69) is 20.6 Å². The number of amides is 1. The summed E-state index contributed by atoms with van der Waals surface area (Å²) in [6, 6.07) is 5.94. The maximum Gasteiger partial charge on any atom is 0.263 e. The van der Waals surface area contributed by atoms with Crippen LogP contribution in [0.4, 0.5) is 16.0 Å². The van der Waals surface area contributed by atoms with E-state index in [9.17, 15) is 9.18 Å². The quantitative estimate of drug-likeness (QED) is 0.685. The molecule has 1 aromatic carbocycles. The Morgan fingerprint density at radius 1 is 1.22 bits per heavy atom. The summed E-state index contributed by atoms with van der Waals surface area (Å²) in [5.41, 5.74) is 7.73. The lowest BCUT2D eigenvalue weighted by molar-refractivity contribution is 0.0968. The maximum atomic E-state index is 13.2. The van der Waals surface area contributed by atoms with Crippen LogP contribution in [0.1, 0.15) is 9.67 Å². The van der Waals surface area contributed by atoms with Gasteiger partial charge in [-0.15, -0.1) is 11.3 Å². The fourth-order valence-electron chi connectivity index (χ4n) is 2.23. The number of carbonyl (C=O) groups is 1. The molecule has 0 unspecified atom stereocenters. The van der Waals surface area contributed by atoms with Crippen LogP contribution >= 0.6 is 11.3 Å². The largest absolute Gasteiger partial charge is 0.397 e. The first-order valence-electron chi connectivity index (χ1n) is 6.81. The number of carbonyl (C=O) groups excluding carboxylic acids is 1. The van der Waals surface area contributed by atoms with Gasteiger partial charge in [-0.1, -0.05) is 0 Å². The van der Waals surface area contributed by atoms with Gasteiger partial charge in [-0.05, 0) is 24.3 Å². The van der Waals surface area contributed by atoms with Crippen molar-refractivity contribution in [2.75, 3.05) is 25.1 Å². The molecule has 8 heteroatoms. The van der Waals surface area contributed by atoms with Gasteiger partial charge in [-0.3, -0.25) is 4.79 Å². The van der Waals surface area contributed by atoms with Crippen molar-refractivity contribution in [3.05, 3.63) is 35.0 Å². The molecule has 4 N–H and O–H groups in total. The summed E-state index contributed by atoms with van der Waals surface area (Å²) in [5, 5.41) is 6.03. The van der Waals surface area contributed by atoms with Gasteiger partial charge in [-0.25, -0.2) is 14.4 Å². The molecule has 0 spiro atoms. The molecule has 1 amide bonds. The van der Waals surface area contributed by atoms with Crippen molar-refractivity contribution >= 4 is 39.1 Å². The summed E-state index contributed by atoms with van der Waals surface area (Å²) in [4.78, 5) is 21.7. The van der Waals surface area contributed by atoms with Crippen LogP contribution < -0.4 is 16.4 Å². The number of anilines is 2. The number of nitrogens with one attached hydrogen (secondary N) is 2. The lowest BCUT2D eigenvalue weighted by Gasteiger charge is -2.07.